The molecule has 0 saturated heterocycles. The van der Waals surface area contributed by atoms with Crippen LogP contribution in [0.3, 0.4) is 0 Å². The Balaban J connectivity index is 1.38. The maximum absolute atomic E-state index is 12.0. The Morgan fingerprint density at radius 1 is 0.750 bits per heavy atom. The zero-order chi connectivity index (χ0) is 25.8. The summed E-state index contributed by atoms with van der Waals surface area (Å²) in [5, 5.41) is 21.4. The Kier molecular flexibility index (Phi) is 15.7. The summed E-state index contributed by atoms with van der Waals surface area (Å²) in [6, 6.07) is 7.54. The number of nitrogens with one attached hydrogen (secondary N) is 2. The number of nitrogens with zero attached hydrogens (tertiary/aromatic N) is 4. The van der Waals surface area contributed by atoms with Crippen LogP contribution in [0.4, 0.5) is 0 Å². The van der Waals surface area contributed by atoms with Crippen LogP contribution >= 0.6 is 22.6 Å². The van der Waals surface area contributed by atoms with Crippen molar-refractivity contribution in [3.05, 3.63) is 35.7 Å². The molecule has 0 fully saturated rings. The molecule has 13 heteroatoms. The number of aryl methyl sites for hydroxylation is 1. The van der Waals surface area contributed by atoms with E-state index in [0.717, 1.165) is 11.1 Å². The molecule has 2 N–H and O–H groups in total. The Morgan fingerprint density at radius 2 is 1.31 bits per heavy atom. The van der Waals surface area contributed by atoms with Gasteiger partial charge in [0.1, 0.15) is 0 Å². The molecule has 0 radical (unpaired) electrons. The third kappa shape index (κ3) is 13.7. The van der Waals surface area contributed by atoms with Crippen molar-refractivity contribution in [2.45, 2.75) is 19.9 Å². The largest absolute Gasteiger partial charge is 0.379 e. The van der Waals surface area contributed by atoms with Gasteiger partial charge in [-0.25, -0.2) is 0 Å². The van der Waals surface area contributed by atoms with Crippen molar-refractivity contribution >= 4 is 34.4 Å². The summed E-state index contributed by atoms with van der Waals surface area (Å²) < 4.78 is 22.0. The summed E-state index contributed by atoms with van der Waals surface area (Å²) in [7, 11) is 0. The molecule has 0 bridgehead atoms. The van der Waals surface area contributed by atoms with Gasteiger partial charge in [-0.15, -0.1) is 20.4 Å². The van der Waals surface area contributed by atoms with Crippen LogP contribution in [0.1, 0.15) is 17.8 Å². The molecule has 0 aliphatic heterocycles. The van der Waals surface area contributed by atoms with Crippen LogP contribution in [0.25, 0.3) is 11.4 Å². The van der Waals surface area contributed by atoms with E-state index < -0.39 is 0 Å². The molecule has 36 heavy (non-hydrogen) atoms. The van der Waals surface area contributed by atoms with Crippen LogP contribution in [0.15, 0.2) is 24.3 Å². The second-order valence-corrected chi connectivity index (χ2v) is 8.19. The van der Waals surface area contributed by atoms with E-state index in [-0.39, 0.29) is 18.2 Å². The first kappa shape index (κ1) is 29.9. The van der Waals surface area contributed by atoms with Gasteiger partial charge >= 0.3 is 0 Å². The van der Waals surface area contributed by atoms with Crippen molar-refractivity contribution in [3.8, 4) is 11.4 Å². The summed E-state index contributed by atoms with van der Waals surface area (Å²) in [4.78, 5) is 23.0. The van der Waals surface area contributed by atoms with E-state index in [4.69, 9.17) is 18.9 Å². The highest BCUT2D eigenvalue weighted by Gasteiger charge is 2.05. The quantitative estimate of drug-likeness (QED) is 0.132. The molecule has 198 valence electrons. The lowest BCUT2D eigenvalue weighted by atomic mass is 10.1. The van der Waals surface area contributed by atoms with Crippen molar-refractivity contribution in [2.75, 3.05) is 63.8 Å². The molecule has 0 saturated carbocycles. The van der Waals surface area contributed by atoms with Crippen molar-refractivity contribution in [1.29, 1.82) is 0 Å². The molecular formula is C23H33IN6O6. The maximum atomic E-state index is 12.0. The smallest absolute Gasteiger partial charge is 0.229 e. The SMILES string of the molecule is Cc1nnc(-c2ccc(CNC(=O)CCOCCOCCOCCOCCNC(=O)CI)cc2)nn1. The Morgan fingerprint density at radius 3 is 1.89 bits per heavy atom. The number of alkyl halides is 1. The van der Waals surface area contributed by atoms with Crippen LogP contribution in [-0.4, -0.2) is 96.0 Å². The molecular weight excluding hydrogens is 583 g/mol. The van der Waals surface area contributed by atoms with Crippen molar-refractivity contribution in [3.63, 3.8) is 0 Å². The summed E-state index contributed by atoms with van der Waals surface area (Å²) in [6.45, 7) is 6.13. The number of amides is 2. The third-order valence-corrected chi connectivity index (χ3v) is 5.25. The van der Waals surface area contributed by atoms with E-state index >= 15 is 0 Å². The molecule has 2 rings (SSSR count). The maximum Gasteiger partial charge on any atom is 0.229 e. The van der Waals surface area contributed by atoms with Crippen LogP contribution in [-0.2, 0) is 35.1 Å². The van der Waals surface area contributed by atoms with Crippen molar-refractivity contribution in [1.82, 2.24) is 31.0 Å². The second-order valence-electron chi connectivity index (χ2n) is 7.43. The van der Waals surface area contributed by atoms with E-state index in [1.165, 1.54) is 0 Å². The first-order valence-electron chi connectivity index (χ1n) is 11.6. The summed E-state index contributed by atoms with van der Waals surface area (Å²) >= 11 is 2.01. The predicted molar refractivity (Wildman–Crippen MR) is 139 cm³/mol. The van der Waals surface area contributed by atoms with Gasteiger partial charge < -0.3 is 29.6 Å². The standard InChI is InChI=1S/C23H33IN6O6/c1-18-27-29-23(30-28-18)20-4-2-19(3-5-20)17-26-21(31)6-8-33-10-12-35-14-15-36-13-11-34-9-7-25-22(32)16-24/h2-5H,6-17H2,1H3,(H,25,32)(H,26,31). The van der Waals surface area contributed by atoms with Gasteiger partial charge in [0.05, 0.1) is 57.3 Å². The molecule has 1 aromatic carbocycles. The minimum Gasteiger partial charge on any atom is -0.379 e. The molecule has 1 aromatic heterocycles. The summed E-state index contributed by atoms with van der Waals surface area (Å²) in [6.07, 6.45) is 0.275. The van der Waals surface area contributed by atoms with Crippen molar-refractivity contribution < 1.29 is 28.5 Å². The van der Waals surface area contributed by atoms with Crippen LogP contribution in [0, 0.1) is 6.92 Å². The van der Waals surface area contributed by atoms with Gasteiger partial charge in [0, 0.05) is 25.1 Å². The molecule has 0 unspecified atom stereocenters. The van der Waals surface area contributed by atoms with Gasteiger partial charge in [0.25, 0.3) is 0 Å². The third-order valence-electron chi connectivity index (χ3n) is 4.56. The number of aromatic nitrogens is 4. The molecule has 0 spiro atoms. The van der Waals surface area contributed by atoms with Gasteiger partial charge in [-0.1, -0.05) is 46.9 Å². The summed E-state index contributed by atoms with van der Waals surface area (Å²) in [5.74, 6) is 0.897. The number of carbonyl (C=O) groups excluding carboxylic acids is 2. The van der Waals surface area contributed by atoms with E-state index in [0.29, 0.717) is 82.0 Å². The number of rotatable bonds is 19. The predicted octanol–water partition coefficient (Wildman–Crippen LogP) is 0.866. The van der Waals surface area contributed by atoms with Gasteiger partial charge in [0.2, 0.25) is 17.6 Å². The summed E-state index contributed by atoms with van der Waals surface area (Å²) in [5.41, 5.74) is 1.77. The van der Waals surface area contributed by atoms with Gasteiger partial charge in [-0.3, -0.25) is 9.59 Å². The molecule has 2 amide bonds. The van der Waals surface area contributed by atoms with Gasteiger partial charge in [-0.05, 0) is 12.5 Å². The highest BCUT2D eigenvalue weighted by Crippen LogP contribution is 2.13. The second kappa shape index (κ2) is 18.9. The lowest BCUT2D eigenvalue weighted by Gasteiger charge is -2.08. The zero-order valence-corrected chi connectivity index (χ0v) is 22.6. The molecule has 1 heterocycles. The number of hydrogen-bond acceptors (Lipinski definition) is 10. The normalized spacial score (nSPS) is 10.8. The first-order chi connectivity index (χ1) is 17.6. The van der Waals surface area contributed by atoms with E-state index in [1.807, 2.05) is 46.9 Å². The Hall–Kier alpha value is -2.33. The number of carbonyl (C=O) groups is 2. The van der Waals surface area contributed by atoms with E-state index in [9.17, 15) is 9.59 Å². The topological polar surface area (TPSA) is 147 Å². The highest BCUT2D eigenvalue weighted by molar-refractivity contribution is 14.1. The molecule has 12 nitrogen and oxygen atoms in total. The molecule has 0 atom stereocenters. The zero-order valence-electron chi connectivity index (χ0n) is 20.4. The van der Waals surface area contributed by atoms with Crippen LogP contribution < -0.4 is 10.6 Å². The van der Waals surface area contributed by atoms with E-state index in [1.54, 1.807) is 6.92 Å². The molecule has 0 aliphatic carbocycles. The minimum atomic E-state index is -0.0849. The fourth-order valence-electron chi connectivity index (χ4n) is 2.69. The Bertz CT molecular complexity index is 888. The number of hydrogen-bond donors (Lipinski definition) is 2. The molecule has 2 aromatic rings. The van der Waals surface area contributed by atoms with Crippen molar-refractivity contribution in [2.24, 2.45) is 0 Å². The first-order valence-corrected chi connectivity index (χ1v) is 13.1. The average molecular weight is 616 g/mol. The van der Waals surface area contributed by atoms with Crippen LogP contribution in [0.2, 0.25) is 0 Å². The van der Waals surface area contributed by atoms with E-state index in [2.05, 4.69) is 31.0 Å². The fraction of sp³-hybridized carbons (Fsp3) is 0.565. The average Bonchev–Trinajstić information content (AvgIpc) is 2.90. The van der Waals surface area contributed by atoms with Gasteiger partial charge in [-0.2, -0.15) is 0 Å². The monoisotopic (exact) mass is 616 g/mol. The lowest BCUT2D eigenvalue weighted by molar-refractivity contribution is -0.122. The number of benzene rings is 1. The Labute approximate surface area is 224 Å². The molecule has 0 aliphatic rings. The minimum absolute atomic E-state index is 0.00394. The fourth-order valence-corrected chi connectivity index (χ4v) is 2.96. The van der Waals surface area contributed by atoms with Gasteiger partial charge in [0.15, 0.2) is 5.82 Å². The number of halogens is 1. The lowest BCUT2D eigenvalue weighted by Crippen LogP contribution is -2.28. The highest BCUT2D eigenvalue weighted by atomic mass is 127. The number of ether oxygens (including phenoxy) is 4. The van der Waals surface area contributed by atoms with Crippen LogP contribution in [0.5, 0.6) is 0 Å².